The van der Waals surface area contributed by atoms with E-state index in [1.54, 1.807) is 23.0 Å². The molecule has 3 atom stereocenters. The number of carbonyl (C=O) groups excluding carboxylic acids is 1. The molecule has 0 radical (unpaired) electrons. The van der Waals surface area contributed by atoms with Gasteiger partial charge in [-0.1, -0.05) is 18.2 Å². The number of ether oxygens (including phenoxy) is 1. The zero-order chi connectivity index (χ0) is 28.6. The minimum atomic E-state index is -4.46. The molecule has 1 aliphatic heterocycles. The summed E-state index contributed by atoms with van der Waals surface area (Å²) in [6.07, 6.45) is -1.48. The lowest BCUT2D eigenvalue weighted by Gasteiger charge is -2.22. The summed E-state index contributed by atoms with van der Waals surface area (Å²) in [6.45, 7) is 7.16. The first kappa shape index (κ1) is 27.9. The number of aryl methyl sites for hydroxylation is 1. The maximum Gasteiger partial charge on any atom is 0.416 e. The summed E-state index contributed by atoms with van der Waals surface area (Å²) in [7, 11) is 1.87. The molecule has 1 unspecified atom stereocenters. The number of benzene rings is 1. The van der Waals surface area contributed by atoms with Gasteiger partial charge in [-0.25, -0.2) is 9.67 Å². The molecule has 4 aromatic rings. The van der Waals surface area contributed by atoms with Gasteiger partial charge >= 0.3 is 6.18 Å². The second kappa shape index (κ2) is 11.1. The molecule has 0 amide bonds. The van der Waals surface area contributed by atoms with E-state index < -0.39 is 17.7 Å². The predicted molar refractivity (Wildman–Crippen MR) is 146 cm³/mol. The topological polar surface area (TPSA) is 73.1 Å². The second-order valence-electron chi connectivity index (χ2n) is 10.4. The Morgan fingerprint density at radius 1 is 1.15 bits per heavy atom. The highest BCUT2D eigenvalue weighted by atomic mass is 19.4. The summed E-state index contributed by atoms with van der Waals surface area (Å²) >= 11 is 0. The number of carbonyl (C=O) groups is 1. The molecule has 10 heteroatoms. The number of rotatable bonds is 8. The van der Waals surface area contributed by atoms with Crippen molar-refractivity contribution in [3.05, 3.63) is 77.2 Å². The van der Waals surface area contributed by atoms with Crippen molar-refractivity contribution in [2.24, 2.45) is 5.92 Å². The monoisotopic (exact) mass is 551 g/mol. The van der Waals surface area contributed by atoms with E-state index in [2.05, 4.69) is 9.97 Å². The van der Waals surface area contributed by atoms with Crippen molar-refractivity contribution in [1.29, 1.82) is 0 Å². The van der Waals surface area contributed by atoms with Gasteiger partial charge in [0.2, 0.25) is 0 Å². The number of aromatic nitrogens is 4. The number of likely N-dealkylation sites (tertiary alicyclic amines) is 1. The van der Waals surface area contributed by atoms with Gasteiger partial charge in [-0.2, -0.15) is 18.3 Å². The van der Waals surface area contributed by atoms with Crippen LogP contribution in [0.25, 0.3) is 22.3 Å². The van der Waals surface area contributed by atoms with E-state index in [-0.39, 0.29) is 29.9 Å². The van der Waals surface area contributed by atoms with Crippen molar-refractivity contribution in [2.75, 3.05) is 26.7 Å². The molecule has 1 aliphatic rings. The summed E-state index contributed by atoms with van der Waals surface area (Å²) in [5.74, 6) is -0.833. The Morgan fingerprint density at radius 3 is 2.65 bits per heavy atom. The van der Waals surface area contributed by atoms with Crippen LogP contribution in [0.4, 0.5) is 13.2 Å². The molecule has 0 N–H and O–H groups in total. The van der Waals surface area contributed by atoms with Crippen LogP contribution < -0.4 is 0 Å². The molecule has 0 spiro atoms. The highest BCUT2D eigenvalue weighted by Crippen LogP contribution is 2.42. The predicted octanol–water partition coefficient (Wildman–Crippen LogP) is 6.29. The van der Waals surface area contributed by atoms with Crippen molar-refractivity contribution in [3.63, 3.8) is 0 Å². The fraction of sp³-hybridized carbons (Fsp3) is 0.400. The van der Waals surface area contributed by atoms with E-state index in [1.165, 1.54) is 18.3 Å². The first-order chi connectivity index (χ1) is 19.1. The lowest BCUT2D eigenvalue weighted by atomic mass is 9.82. The van der Waals surface area contributed by atoms with Crippen LogP contribution in [-0.2, 0) is 10.9 Å². The number of nitrogens with zero attached hydrogens (tertiary/aromatic N) is 5. The molecule has 0 aliphatic carbocycles. The van der Waals surface area contributed by atoms with Crippen LogP contribution in [-0.4, -0.2) is 57.2 Å². The Morgan fingerprint density at radius 2 is 1.93 bits per heavy atom. The van der Waals surface area contributed by atoms with Crippen LogP contribution in [0.2, 0.25) is 0 Å². The number of fused-ring (bicyclic) bond motifs is 1. The zero-order valence-corrected chi connectivity index (χ0v) is 22.9. The van der Waals surface area contributed by atoms with Crippen LogP contribution in [0.15, 0.2) is 54.9 Å². The smallest absolute Gasteiger partial charge is 0.357 e. The Kier molecular flexibility index (Phi) is 7.74. The van der Waals surface area contributed by atoms with Gasteiger partial charge in [0, 0.05) is 66.6 Å². The molecule has 1 aromatic carbocycles. The van der Waals surface area contributed by atoms with Gasteiger partial charge < -0.3 is 9.64 Å². The van der Waals surface area contributed by atoms with Gasteiger partial charge in [0.05, 0.1) is 5.56 Å². The molecule has 5 rings (SSSR count). The summed E-state index contributed by atoms with van der Waals surface area (Å²) in [5, 5.41) is 5.49. The van der Waals surface area contributed by atoms with Crippen LogP contribution in [0, 0.1) is 12.8 Å². The Hall–Kier alpha value is -3.63. The molecular formula is C30H32F3N5O2. The molecule has 210 valence electrons. The van der Waals surface area contributed by atoms with E-state index in [4.69, 9.17) is 9.84 Å². The standard InChI is InChI=1S/C30H32F3N5O2/c1-5-40-19(3)38-29-24(28(36-38)20-10-11-34-18(2)12-20)13-21(15-35-29)27(39)14-22-16-37(4)17-25(22)23-8-6-7-9-26(23)30(31,32)33/h6-13,15,19,22,25H,5,14,16-17H2,1-4H3/t19?,22-,25-/m1/s1. The quantitative estimate of drug-likeness (QED) is 0.240. The van der Waals surface area contributed by atoms with Crippen molar-refractivity contribution < 1.29 is 22.7 Å². The highest BCUT2D eigenvalue weighted by molar-refractivity contribution is 6.01. The molecule has 7 nitrogen and oxygen atoms in total. The van der Waals surface area contributed by atoms with Gasteiger partial charge in [0.1, 0.15) is 11.9 Å². The first-order valence-corrected chi connectivity index (χ1v) is 13.4. The van der Waals surface area contributed by atoms with E-state index in [1.807, 2.05) is 44.9 Å². The Labute approximate surface area is 231 Å². The van der Waals surface area contributed by atoms with E-state index in [9.17, 15) is 18.0 Å². The van der Waals surface area contributed by atoms with Gasteiger partial charge in [0.25, 0.3) is 0 Å². The van der Waals surface area contributed by atoms with Crippen LogP contribution in [0.3, 0.4) is 0 Å². The van der Waals surface area contributed by atoms with Gasteiger partial charge in [-0.3, -0.25) is 9.78 Å². The number of likely N-dealkylation sites (N-methyl/N-ethyl adjacent to an activating group) is 1. The van der Waals surface area contributed by atoms with Gasteiger partial charge in [-0.15, -0.1) is 0 Å². The lowest BCUT2D eigenvalue weighted by Crippen LogP contribution is -2.19. The second-order valence-corrected chi connectivity index (χ2v) is 10.4. The average Bonchev–Trinajstić information content (AvgIpc) is 3.48. The van der Waals surface area contributed by atoms with Crippen molar-refractivity contribution in [3.8, 4) is 11.3 Å². The molecular weight excluding hydrogens is 519 g/mol. The number of Topliss-reactive ketones (excluding diaryl/α,β-unsaturated/α-hetero) is 1. The van der Waals surface area contributed by atoms with Crippen molar-refractivity contribution in [2.45, 2.75) is 45.5 Å². The normalized spacial score (nSPS) is 18.9. The van der Waals surface area contributed by atoms with Crippen LogP contribution >= 0.6 is 0 Å². The first-order valence-electron chi connectivity index (χ1n) is 13.4. The van der Waals surface area contributed by atoms with E-state index >= 15 is 0 Å². The summed E-state index contributed by atoms with van der Waals surface area (Å²) in [6, 6.07) is 11.2. The largest absolute Gasteiger partial charge is 0.416 e. The number of pyridine rings is 2. The molecule has 1 saturated heterocycles. The van der Waals surface area contributed by atoms with Crippen molar-refractivity contribution in [1.82, 2.24) is 24.6 Å². The SMILES string of the molecule is CCOC(C)n1nc(-c2ccnc(C)c2)c2cc(C(=O)C[C@@H]3CN(C)C[C@H]3c3ccccc3C(F)(F)F)cnc21. The van der Waals surface area contributed by atoms with Crippen molar-refractivity contribution >= 4 is 16.8 Å². The molecule has 40 heavy (non-hydrogen) atoms. The van der Waals surface area contributed by atoms with Gasteiger partial charge in [-0.05, 0) is 63.6 Å². The average molecular weight is 552 g/mol. The molecule has 3 aromatic heterocycles. The number of hydrogen-bond acceptors (Lipinski definition) is 6. The third kappa shape index (κ3) is 5.51. The summed E-state index contributed by atoms with van der Waals surface area (Å²) in [5.41, 5.74) is 2.92. The van der Waals surface area contributed by atoms with Crippen LogP contribution in [0.5, 0.6) is 0 Å². The number of halogens is 3. The number of hydrogen-bond donors (Lipinski definition) is 0. The zero-order valence-electron chi connectivity index (χ0n) is 22.9. The lowest BCUT2D eigenvalue weighted by molar-refractivity contribution is -0.138. The summed E-state index contributed by atoms with van der Waals surface area (Å²) < 4.78 is 48.9. The molecule has 1 fully saturated rings. The number of alkyl halides is 3. The maximum atomic E-state index is 13.8. The minimum absolute atomic E-state index is 0.113. The minimum Gasteiger partial charge on any atom is -0.357 e. The van der Waals surface area contributed by atoms with E-state index in [0.29, 0.717) is 42.0 Å². The highest BCUT2D eigenvalue weighted by Gasteiger charge is 2.40. The fourth-order valence-electron chi connectivity index (χ4n) is 5.73. The van der Waals surface area contributed by atoms with Crippen LogP contribution in [0.1, 0.15) is 59.6 Å². The third-order valence-corrected chi connectivity index (χ3v) is 7.53. The number of ketones is 1. The third-order valence-electron chi connectivity index (χ3n) is 7.53. The van der Waals surface area contributed by atoms with Gasteiger partial charge in [0.15, 0.2) is 11.4 Å². The Balaban J connectivity index is 1.50. The maximum absolute atomic E-state index is 13.8. The molecule has 4 heterocycles. The Bertz CT molecular complexity index is 1530. The molecule has 0 bridgehead atoms. The fourth-order valence-corrected chi connectivity index (χ4v) is 5.73. The van der Waals surface area contributed by atoms with E-state index in [0.717, 1.165) is 17.3 Å². The molecule has 0 saturated carbocycles. The summed E-state index contributed by atoms with van der Waals surface area (Å²) in [4.78, 5) is 24.5.